The third-order valence-corrected chi connectivity index (χ3v) is 4.41. The molecule has 0 aromatic heterocycles. The number of halogens is 2. The molecule has 1 saturated heterocycles. The van der Waals surface area contributed by atoms with Crippen LogP contribution in [0, 0.1) is 11.6 Å². The first-order chi connectivity index (χ1) is 10.9. The first kappa shape index (κ1) is 18.3. The zero-order valence-corrected chi connectivity index (χ0v) is 13.8. The summed E-state index contributed by atoms with van der Waals surface area (Å²) in [5.74, 6) is -1.35. The molecule has 0 amide bonds. The highest BCUT2D eigenvalue weighted by Crippen LogP contribution is 2.21. The number of aliphatic hydroxyl groups is 2. The van der Waals surface area contributed by atoms with Gasteiger partial charge in [0.1, 0.15) is 11.6 Å². The summed E-state index contributed by atoms with van der Waals surface area (Å²) in [6.07, 6.45) is -0.393. The van der Waals surface area contributed by atoms with Crippen LogP contribution in [0.15, 0.2) is 18.2 Å². The number of piperazine rings is 1. The number of benzene rings is 1. The highest BCUT2D eigenvalue weighted by atomic mass is 19.1. The molecule has 0 bridgehead atoms. The van der Waals surface area contributed by atoms with E-state index in [0.717, 1.165) is 38.2 Å². The molecule has 1 fully saturated rings. The Kier molecular flexibility index (Phi) is 6.47. The SMILES string of the molecule is CC[C@@H]1CN(C[C@@H](O)c2ccc(F)cc2F)CCN1C[C@H](C)O. The summed E-state index contributed by atoms with van der Waals surface area (Å²) in [7, 11) is 0. The molecule has 1 aliphatic rings. The zero-order valence-electron chi connectivity index (χ0n) is 13.8. The minimum absolute atomic E-state index is 0.130. The van der Waals surface area contributed by atoms with Crippen molar-refractivity contribution in [2.75, 3.05) is 32.7 Å². The maximum Gasteiger partial charge on any atom is 0.131 e. The van der Waals surface area contributed by atoms with Gasteiger partial charge < -0.3 is 10.2 Å². The van der Waals surface area contributed by atoms with Crippen LogP contribution in [0.3, 0.4) is 0 Å². The lowest BCUT2D eigenvalue weighted by Gasteiger charge is -2.42. The van der Waals surface area contributed by atoms with Gasteiger partial charge in [-0.05, 0) is 19.4 Å². The Morgan fingerprint density at radius 1 is 1.22 bits per heavy atom. The van der Waals surface area contributed by atoms with Crippen LogP contribution in [-0.2, 0) is 0 Å². The summed E-state index contributed by atoms with van der Waals surface area (Å²) in [5, 5.41) is 19.8. The van der Waals surface area contributed by atoms with E-state index in [1.165, 1.54) is 6.07 Å². The lowest BCUT2D eigenvalue weighted by Crippen LogP contribution is -2.55. The summed E-state index contributed by atoms with van der Waals surface area (Å²) in [4.78, 5) is 4.35. The average molecular weight is 328 g/mol. The van der Waals surface area contributed by atoms with Gasteiger partial charge in [-0.25, -0.2) is 8.78 Å². The van der Waals surface area contributed by atoms with Gasteiger partial charge in [0.25, 0.3) is 0 Å². The Bertz CT molecular complexity index is 513. The van der Waals surface area contributed by atoms with Crippen molar-refractivity contribution in [1.29, 1.82) is 0 Å². The Hall–Kier alpha value is -1.08. The Balaban J connectivity index is 1.95. The minimum atomic E-state index is -0.976. The fourth-order valence-electron chi connectivity index (χ4n) is 3.20. The van der Waals surface area contributed by atoms with Crippen molar-refractivity contribution in [3.63, 3.8) is 0 Å². The zero-order chi connectivity index (χ0) is 17.0. The molecule has 2 rings (SSSR count). The second kappa shape index (κ2) is 8.15. The second-order valence-corrected chi connectivity index (χ2v) is 6.35. The van der Waals surface area contributed by atoms with Crippen LogP contribution < -0.4 is 0 Å². The molecule has 0 aliphatic carbocycles. The van der Waals surface area contributed by atoms with Crippen LogP contribution >= 0.6 is 0 Å². The predicted molar refractivity (Wildman–Crippen MR) is 85.1 cm³/mol. The summed E-state index contributed by atoms with van der Waals surface area (Å²) >= 11 is 0. The first-order valence-electron chi connectivity index (χ1n) is 8.18. The van der Waals surface area contributed by atoms with E-state index in [-0.39, 0.29) is 11.7 Å². The van der Waals surface area contributed by atoms with Crippen molar-refractivity contribution in [2.45, 2.75) is 38.5 Å². The van der Waals surface area contributed by atoms with E-state index < -0.39 is 17.7 Å². The molecule has 1 aromatic carbocycles. The number of hydrogen-bond acceptors (Lipinski definition) is 4. The van der Waals surface area contributed by atoms with Gasteiger partial charge in [-0.15, -0.1) is 0 Å². The quantitative estimate of drug-likeness (QED) is 0.836. The maximum atomic E-state index is 13.7. The minimum Gasteiger partial charge on any atom is -0.392 e. The number of aliphatic hydroxyl groups excluding tert-OH is 2. The smallest absolute Gasteiger partial charge is 0.131 e. The predicted octanol–water partition coefficient (Wildman–Crippen LogP) is 1.78. The summed E-state index contributed by atoms with van der Waals surface area (Å²) < 4.78 is 26.7. The van der Waals surface area contributed by atoms with Gasteiger partial charge in [0, 0.05) is 50.4 Å². The number of hydrogen-bond donors (Lipinski definition) is 2. The first-order valence-corrected chi connectivity index (χ1v) is 8.18. The van der Waals surface area contributed by atoms with Crippen LogP contribution in [-0.4, -0.2) is 64.9 Å². The normalized spacial score (nSPS) is 23.0. The van der Waals surface area contributed by atoms with Crippen LogP contribution in [0.1, 0.15) is 31.9 Å². The standard InChI is InChI=1S/C17H26F2N2O2/c1-3-14-10-20(6-7-21(14)9-12(2)22)11-17(23)15-5-4-13(18)8-16(15)19/h4-5,8,12,14,17,22-23H,3,6-7,9-11H2,1-2H3/t12-,14+,17+/m0/s1. The van der Waals surface area contributed by atoms with E-state index in [1.54, 1.807) is 6.92 Å². The largest absolute Gasteiger partial charge is 0.392 e. The topological polar surface area (TPSA) is 46.9 Å². The molecule has 4 nitrogen and oxygen atoms in total. The van der Waals surface area contributed by atoms with Crippen LogP contribution in [0.5, 0.6) is 0 Å². The Morgan fingerprint density at radius 3 is 2.57 bits per heavy atom. The Labute approximate surface area is 136 Å². The molecule has 1 aliphatic heterocycles. The van der Waals surface area contributed by atoms with Crippen molar-refractivity contribution in [3.05, 3.63) is 35.4 Å². The van der Waals surface area contributed by atoms with Gasteiger partial charge in [0.2, 0.25) is 0 Å². The van der Waals surface area contributed by atoms with Crippen molar-refractivity contribution in [3.8, 4) is 0 Å². The third kappa shape index (κ3) is 4.94. The molecular weight excluding hydrogens is 302 g/mol. The van der Waals surface area contributed by atoms with Crippen molar-refractivity contribution < 1.29 is 19.0 Å². The number of β-amino-alcohol motifs (C(OH)–C–C–N with tert-alkyl or cyclic N) is 2. The van der Waals surface area contributed by atoms with Crippen LogP contribution in [0.2, 0.25) is 0 Å². The molecule has 0 saturated carbocycles. The fraction of sp³-hybridized carbons (Fsp3) is 0.647. The molecule has 1 aromatic rings. The number of nitrogens with zero attached hydrogens (tertiary/aromatic N) is 2. The van der Waals surface area contributed by atoms with Crippen molar-refractivity contribution >= 4 is 0 Å². The molecule has 130 valence electrons. The van der Waals surface area contributed by atoms with Gasteiger partial charge in [0.05, 0.1) is 12.2 Å². The van der Waals surface area contributed by atoms with Gasteiger partial charge in [-0.1, -0.05) is 13.0 Å². The van der Waals surface area contributed by atoms with Gasteiger partial charge in [-0.3, -0.25) is 9.80 Å². The third-order valence-electron chi connectivity index (χ3n) is 4.41. The molecule has 0 unspecified atom stereocenters. The molecule has 0 spiro atoms. The van der Waals surface area contributed by atoms with E-state index in [4.69, 9.17) is 0 Å². The molecule has 6 heteroatoms. The van der Waals surface area contributed by atoms with Crippen molar-refractivity contribution in [2.24, 2.45) is 0 Å². The van der Waals surface area contributed by atoms with E-state index >= 15 is 0 Å². The maximum absolute atomic E-state index is 13.7. The van der Waals surface area contributed by atoms with Gasteiger partial charge in [-0.2, -0.15) is 0 Å². The molecule has 23 heavy (non-hydrogen) atoms. The average Bonchev–Trinajstić information content (AvgIpc) is 2.48. The highest BCUT2D eigenvalue weighted by molar-refractivity contribution is 5.21. The monoisotopic (exact) mass is 328 g/mol. The van der Waals surface area contributed by atoms with Crippen molar-refractivity contribution in [1.82, 2.24) is 9.80 Å². The lowest BCUT2D eigenvalue weighted by atomic mass is 10.1. The second-order valence-electron chi connectivity index (χ2n) is 6.35. The molecule has 0 radical (unpaired) electrons. The van der Waals surface area contributed by atoms with E-state index in [2.05, 4.69) is 16.7 Å². The number of rotatable bonds is 6. The summed E-state index contributed by atoms with van der Waals surface area (Å²) in [5.41, 5.74) is 0.130. The fourth-order valence-corrected chi connectivity index (χ4v) is 3.20. The summed E-state index contributed by atoms with van der Waals surface area (Å²) in [6, 6.07) is 3.57. The Morgan fingerprint density at radius 2 is 1.96 bits per heavy atom. The van der Waals surface area contributed by atoms with E-state index in [9.17, 15) is 19.0 Å². The lowest BCUT2D eigenvalue weighted by molar-refractivity contribution is 0.0165. The molecule has 2 N–H and O–H groups in total. The van der Waals surface area contributed by atoms with Crippen LogP contribution in [0.4, 0.5) is 8.78 Å². The van der Waals surface area contributed by atoms with Gasteiger partial charge in [0.15, 0.2) is 0 Å². The molecular formula is C17H26F2N2O2. The molecule has 1 heterocycles. The van der Waals surface area contributed by atoms with Gasteiger partial charge >= 0.3 is 0 Å². The highest BCUT2D eigenvalue weighted by Gasteiger charge is 2.28. The van der Waals surface area contributed by atoms with E-state index in [0.29, 0.717) is 19.1 Å². The van der Waals surface area contributed by atoms with Crippen LogP contribution in [0.25, 0.3) is 0 Å². The van der Waals surface area contributed by atoms with E-state index in [1.807, 2.05) is 0 Å². The summed E-state index contributed by atoms with van der Waals surface area (Å²) in [6.45, 7) is 7.16. The molecule has 3 atom stereocenters.